The van der Waals surface area contributed by atoms with E-state index in [9.17, 15) is 0 Å². The Labute approximate surface area is 99.0 Å². The molecule has 1 aromatic rings. The van der Waals surface area contributed by atoms with Gasteiger partial charge in [-0.1, -0.05) is 37.6 Å². The number of hydrogen-bond acceptors (Lipinski definition) is 1. The zero-order valence-corrected chi connectivity index (χ0v) is 10.7. The lowest BCUT2D eigenvalue weighted by Gasteiger charge is -2.40. The normalized spacial score (nSPS) is 22.9. The van der Waals surface area contributed by atoms with E-state index in [0.717, 1.165) is 6.42 Å². The van der Waals surface area contributed by atoms with Gasteiger partial charge in [-0.15, -0.1) is 0 Å². The van der Waals surface area contributed by atoms with E-state index in [0.29, 0.717) is 5.41 Å². The van der Waals surface area contributed by atoms with Crippen LogP contribution >= 0.6 is 0 Å². The highest BCUT2D eigenvalue weighted by atomic mass is 14.7. The molecule has 2 N–H and O–H groups in total. The van der Waals surface area contributed by atoms with Gasteiger partial charge in [-0.25, -0.2) is 0 Å². The summed E-state index contributed by atoms with van der Waals surface area (Å²) >= 11 is 0. The van der Waals surface area contributed by atoms with Gasteiger partial charge < -0.3 is 5.73 Å². The van der Waals surface area contributed by atoms with Gasteiger partial charge in [0.25, 0.3) is 0 Å². The molecule has 0 radical (unpaired) electrons. The monoisotopic (exact) mass is 217 g/mol. The third kappa shape index (κ3) is 1.67. The second-order valence-corrected chi connectivity index (χ2v) is 5.22. The largest absolute Gasteiger partial charge is 0.324 e. The molecule has 1 heteroatoms. The van der Waals surface area contributed by atoms with Crippen molar-refractivity contribution in [2.45, 2.75) is 57.9 Å². The summed E-state index contributed by atoms with van der Waals surface area (Å²) in [6, 6.07) is 7.05. The molecule has 1 atom stereocenters. The number of benzene rings is 1. The Balaban J connectivity index is 2.57. The number of fused-ring (bicyclic) bond motifs is 1. The van der Waals surface area contributed by atoms with Gasteiger partial charge in [0.15, 0.2) is 0 Å². The molecule has 16 heavy (non-hydrogen) atoms. The predicted octanol–water partition coefficient (Wildman–Crippen LogP) is 3.85. The zero-order chi connectivity index (χ0) is 11.8. The zero-order valence-electron chi connectivity index (χ0n) is 10.7. The van der Waals surface area contributed by atoms with Gasteiger partial charge in [-0.05, 0) is 49.1 Å². The van der Waals surface area contributed by atoms with E-state index in [1.807, 2.05) is 0 Å². The summed E-state index contributed by atoms with van der Waals surface area (Å²) in [5.41, 5.74) is 10.9. The van der Waals surface area contributed by atoms with E-state index in [4.69, 9.17) is 5.73 Å². The quantitative estimate of drug-likeness (QED) is 0.800. The highest BCUT2D eigenvalue weighted by Gasteiger charge is 2.35. The molecule has 0 fully saturated rings. The van der Waals surface area contributed by atoms with Crippen molar-refractivity contribution in [3.05, 3.63) is 34.9 Å². The topological polar surface area (TPSA) is 26.0 Å². The SMILES string of the molecule is CCC1(CC)CCC(N)c2ccc(C)cc21. The molecule has 1 nitrogen and oxygen atoms in total. The van der Waals surface area contributed by atoms with Crippen LogP contribution in [0.1, 0.15) is 62.3 Å². The summed E-state index contributed by atoms with van der Waals surface area (Å²) < 4.78 is 0. The molecule has 0 bridgehead atoms. The van der Waals surface area contributed by atoms with Crippen molar-refractivity contribution in [3.8, 4) is 0 Å². The second-order valence-electron chi connectivity index (χ2n) is 5.22. The Morgan fingerprint density at radius 3 is 2.62 bits per heavy atom. The van der Waals surface area contributed by atoms with Gasteiger partial charge >= 0.3 is 0 Å². The molecule has 1 aliphatic carbocycles. The van der Waals surface area contributed by atoms with Crippen molar-refractivity contribution in [3.63, 3.8) is 0 Å². The Hall–Kier alpha value is -0.820. The van der Waals surface area contributed by atoms with Gasteiger partial charge in [-0.3, -0.25) is 0 Å². The average Bonchev–Trinajstić information content (AvgIpc) is 2.30. The third-order valence-corrected chi connectivity index (χ3v) is 4.47. The van der Waals surface area contributed by atoms with Crippen LogP contribution in [0, 0.1) is 6.92 Å². The molecule has 1 aliphatic rings. The van der Waals surface area contributed by atoms with Crippen molar-refractivity contribution >= 4 is 0 Å². The predicted molar refractivity (Wildman–Crippen MR) is 69.6 cm³/mol. The van der Waals surface area contributed by atoms with Crippen molar-refractivity contribution in [2.24, 2.45) is 5.73 Å². The fourth-order valence-electron chi connectivity index (χ4n) is 3.16. The fourth-order valence-corrected chi connectivity index (χ4v) is 3.16. The van der Waals surface area contributed by atoms with Crippen molar-refractivity contribution in [2.75, 3.05) is 0 Å². The minimum atomic E-state index is 0.252. The molecule has 1 unspecified atom stereocenters. The van der Waals surface area contributed by atoms with E-state index in [1.54, 1.807) is 0 Å². The Bertz CT molecular complexity index is 377. The molecular formula is C15H23N. The Morgan fingerprint density at radius 2 is 2.00 bits per heavy atom. The van der Waals surface area contributed by atoms with E-state index in [1.165, 1.54) is 36.0 Å². The molecule has 0 saturated heterocycles. The average molecular weight is 217 g/mol. The van der Waals surface area contributed by atoms with Crippen LogP contribution < -0.4 is 5.73 Å². The van der Waals surface area contributed by atoms with Gasteiger partial charge in [0, 0.05) is 6.04 Å². The van der Waals surface area contributed by atoms with Crippen LogP contribution in [-0.2, 0) is 5.41 Å². The first-order valence-electron chi connectivity index (χ1n) is 6.49. The molecule has 88 valence electrons. The lowest BCUT2D eigenvalue weighted by Crippen LogP contribution is -2.33. The Morgan fingerprint density at radius 1 is 1.31 bits per heavy atom. The maximum Gasteiger partial charge on any atom is 0.0298 e. The summed E-state index contributed by atoms with van der Waals surface area (Å²) in [5, 5.41) is 0. The first-order chi connectivity index (χ1) is 7.63. The van der Waals surface area contributed by atoms with Gasteiger partial charge in [-0.2, -0.15) is 0 Å². The lowest BCUT2D eigenvalue weighted by atomic mass is 9.65. The molecule has 0 amide bonds. The number of nitrogens with two attached hydrogens (primary N) is 1. The van der Waals surface area contributed by atoms with Crippen LogP contribution in [-0.4, -0.2) is 0 Å². The molecule has 0 aromatic heterocycles. The molecular weight excluding hydrogens is 194 g/mol. The second kappa shape index (κ2) is 4.21. The molecule has 0 saturated carbocycles. The molecule has 0 aliphatic heterocycles. The van der Waals surface area contributed by atoms with Gasteiger partial charge in [0.1, 0.15) is 0 Å². The fraction of sp³-hybridized carbons (Fsp3) is 0.600. The summed E-state index contributed by atoms with van der Waals surface area (Å²) in [4.78, 5) is 0. The lowest BCUT2D eigenvalue weighted by molar-refractivity contribution is 0.315. The smallest absolute Gasteiger partial charge is 0.0298 e. The van der Waals surface area contributed by atoms with E-state index < -0.39 is 0 Å². The summed E-state index contributed by atoms with van der Waals surface area (Å²) in [6.45, 7) is 6.80. The van der Waals surface area contributed by atoms with Gasteiger partial charge in [0.2, 0.25) is 0 Å². The number of hydrogen-bond donors (Lipinski definition) is 1. The van der Waals surface area contributed by atoms with E-state index in [-0.39, 0.29) is 6.04 Å². The first kappa shape index (κ1) is 11.7. The maximum atomic E-state index is 6.23. The summed E-state index contributed by atoms with van der Waals surface area (Å²) in [6.07, 6.45) is 4.84. The maximum absolute atomic E-state index is 6.23. The van der Waals surface area contributed by atoms with Crippen LogP contribution in [0.5, 0.6) is 0 Å². The van der Waals surface area contributed by atoms with Crippen LogP contribution in [0.15, 0.2) is 18.2 Å². The minimum absolute atomic E-state index is 0.252. The van der Waals surface area contributed by atoms with Crippen LogP contribution in [0.3, 0.4) is 0 Å². The van der Waals surface area contributed by atoms with Crippen LogP contribution in [0.4, 0.5) is 0 Å². The van der Waals surface area contributed by atoms with E-state index in [2.05, 4.69) is 39.0 Å². The highest BCUT2D eigenvalue weighted by molar-refractivity contribution is 5.41. The van der Waals surface area contributed by atoms with Crippen LogP contribution in [0.2, 0.25) is 0 Å². The highest BCUT2D eigenvalue weighted by Crippen LogP contribution is 2.45. The van der Waals surface area contributed by atoms with E-state index >= 15 is 0 Å². The number of rotatable bonds is 2. The van der Waals surface area contributed by atoms with Crippen molar-refractivity contribution in [1.82, 2.24) is 0 Å². The van der Waals surface area contributed by atoms with Crippen LogP contribution in [0.25, 0.3) is 0 Å². The van der Waals surface area contributed by atoms with Crippen molar-refractivity contribution < 1.29 is 0 Å². The molecule has 1 aromatic carbocycles. The first-order valence-corrected chi connectivity index (χ1v) is 6.49. The summed E-state index contributed by atoms with van der Waals surface area (Å²) in [5.74, 6) is 0. The standard InChI is InChI=1S/C15H23N/c1-4-15(5-2)9-8-14(16)12-7-6-11(3)10-13(12)15/h6-7,10,14H,4-5,8-9,16H2,1-3H3. The summed E-state index contributed by atoms with van der Waals surface area (Å²) in [7, 11) is 0. The third-order valence-electron chi connectivity index (χ3n) is 4.47. The molecule has 0 spiro atoms. The van der Waals surface area contributed by atoms with Gasteiger partial charge in [0.05, 0.1) is 0 Å². The molecule has 2 rings (SSSR count). The minimum Gasteiger partial charge on any atom is -0.324 e. The Kier molecular flexibility index (Phi) is 3.07. The number of aryl methyl sites for hydroxylation is 1. The molecule has 0 heterocycles. The van der Waals surface area contributed by atoms with Crippen molar-refractivity contribution in [1.29, 1.82) is 0 Å².